The average Bonchev–Trinajstić information content (AvgIpc) is 3.09. The van der Waals surface area contributed by atoms with E-state index in [1.54, 1.807) is 31.2 Å². The number of ketones is 2. The molecule has 0 radical (unpaired) electrons. The number of hydrogen-bond acceptors (Lipinski definition) is 5. The minimum atomic E-state index is -3.06. The number of carbonyl (C=O) groups excluding carboxylic acids is 3. The number of hydrogen-bond donors (Lipinski definition) is 0. The van der Waals surface area contributed by atoms with Gasteiger partial charge >= 0.3 is 0 Å². The van der Waals surface area contributed by atoms with Crippen molar-refractivity contribution in [2.45, 2.75) is 45.6 Å². The molecule has 4 rings (SSSR count). The number of halogens is 2. The van der Waals surface area contributed by atoms with Crippen molar-refractivity contribution < 1.29 is 23.2 Å². The van der Waals surface area contributed by atoms with Gasteiger partial charge < -0.3 is 0 Å². The van der Waals surface area contributed by atoms with E-state index in [9.17, 15) is 23.2 Å². The third kappa shape index (κ3) is 4.60. The van der Waals surface area contributed by atoms with Crippen LogP contribution in [0.15, 0.2) is 60.7 Å². The first kappa shape index (κ1) is 24.3. The molecule has 8 heteroatoms. The van der Waals surface area contributed by atoms with Crippen LogP contribution in [-0.4, -0.2) is 27.7 Å². The predicted octanol–water partition coefficient (Wildman–Crippen LogP) is 5.18. The molecule has 1 aliphatic heterocycles. The van der Waals surface area contributed by atoms with Gasteiger partial charge in [-0.3, -0.25) is 19.3 Å². The molecular weight excluding hydrogens is 452 g/mol. The summed E-state index contributed by atoms with van der Waals surface area (Å²) in [6.45, 7) is 6.56. The maximum absolute atomic E-state index is 13.8. The summed E-state index contributed by atoms with van der Waals surface area (Å²) < 4.78 is 27.6. The third-order valence-electron chi connectivity index (χ3n) is 6.24. The van der Waals surface area contributed by atoms with Gasteiger partial charge in [-0.1, -0.05) is 62.4 Å². The maximum atomic E-state index is 13.8. The topological polar surface area (TPSA) is 80.2 Å². The molecular formula is C27H25F2N3O3. The Morgan fingerprint density at radius 1 is 0.943 bits per heavy atom. The number of rotatable bonds is 6. The molecule has 1 fully saturated rings. The Labute approximate surface area is 202 Å². The van der Waals surface area contributed by atoms with Crippen LogP contribution in [0, 0.1) is 12.8 Å². The smallest absolute Gasteiger partial charge is 0.293 e. The highest BCUT2D eigenvalue weighted by molar-refractivity contribution is 6.48. The molecule has 35 heavy (non-hydrogen) atoms. The normalized spacial score (nSPS) is 18.4. The molecule has 1 amide bonds. The highest BCUT2D eigenvalue weighted by Gasteiger charge is 2.53. The molecule has 6 nitrogen and oxygen atoms in total. The molecule has 0 saturated carbocycles. The van der Waals surface area contributed by atoms with Crippen LogP contribution >= 0.6 is 0 Å². The lowest BCUT2D eigenvalue weighted by atomic mass is 9.85. The lowest BCUT2D eigenvalue weighted by Crippen LogP contribution is -2.31. The van der Waals surface area contributed by atoms with Gasteiger partial charge in [0.2, 0.25) is 5.78 Å². The first-order valence-electron chi connectivity index (χ1n) is 11.3. The van der Waals surface area contributed by atoms with Crippen molar-refractivity contribution in [1.29, 1.82) is 0 Å². The van der Waals surface area contributed by atoms with Gasteiger partial charge in [0.25, 0.3) is 11.8 Å². The van der Waals surface area contributed by atoms with Crippen LogP contribution in [-0.2, 0) is 15.5 Å². The summed E-state index contributed by atoms with van der Waals surface area (Å²) in [7, 11) is 0. The van der Waals surface area contributed by atoms with E-state index in [1.807, 2.05) is 26.0 Å². The number of Topliss-reactive ketones (excluding diaryl/α,β-unsaturated/α-hetero) is 2. The standard InChI is InChI=1S/C27H25F2N3O3/c1-15(2)17-6-8-19(9-7-17)24(33)22-23(18-10-12-20(13-11-18)27(4,28)29)32(26(35)25(22)34)21-14-5-16(3)30-31-21/h5-15,22-23H,1-4H3. The summed E-state index contributed by atoms with van der Waals surface area (Å²) in [4.78, 5) is 41.0. The average molecular weight is 478 g/mol. The van der Waals surface area contributed by atoms with Gasteiger partial charge in [0.05, 0.1) is 11.7 Å². The number of amides is 1. The van der Waals surface area contributed by atoms with E-state index in [4.69, 9.17) is 0 Å². The highest BCUT2D eigenvalue weighted by atomic mass is 19.3. The zero-order valence-electron chi connectivity index (χ0n) is 19.8. The van der Waals surface area contributed by atoms with Crippen LogP contribution in [0.25, 0.3) is 0 Å². The number of anilines is 1. The van der Waals surface area contributed by atoms with Crippen LogP contribution < -0.4 is 4.90 Å². The fraction of sp³-hybridized carbons (Fsp3) is 0.296. The minimum Gasteiger partial charge on any atom is -0.293 e. The lowest BCUT2D eigenvalue weighted by molar-refractivity contribution is -0.135. The Morgan fingerprint density at radius 3 is 2.09 bits per heavy atom. The van der Waals surface area contributed by atoms with Gasteiger partial charge in [-0.05, 0) is 36.1 Å². The van der Waals surface area contributed by atoms with Crippen molar-refractivity contribution in [3.05, 3.63) is 88.6 Å². The number of benzene rings is 2. The van der Waals surface area contributed by atoms with Crippen molar-refractivity contribution in [2.75, 3.05) is 4.90 Å². The Balaban J connectivity index is 1.81. The van der Waals surface area contributed by atoms with E-state index in [2.05, 4.69) is 10.2 Å². The molecule has 0 aliphatic carbocycles. The molecule has 1 aliphatic rings. The van der Waals surface area contributed by atoms with Crippen molar-refractivity contribution in [1.82, 2.24) is 10.2 Å². The number of nitrogens with zero attached hydrogens (tertiary/aromatic N) is 3. The van der Waals surface area contributed by atoms with E-state index in [0.29, 0.717) is 16.8 Å². The molecule has 1 saturated heterocycles. The van der Waals surface area contributed by atoms with Gasteiger partial charge in [-0.2, -0.15) is 5.10 Å². The van der Waals surface area contributed by atoms with Crippen molar-refractivity contribution in [3.63, 3.8) is 0 Å². The van der Waals surface area contributed by atoms with E-state index in [-0.39, 0.29) is 17.3 Å². The van der Waals surface area contributed by atoms with Crippen LogP contribution in [0.1, 0.15) is 65.5 Å². The molecule has 2 heterocycles. The molecule has 180 valence electrons. The largest absolute Gasteiger partial charge is 0.297 e. The van der Waals surface area contributed by atoms with E-state index in [1.165, 1.54) is 24.3 Å². The van der Waals surface area contributed by atoms with Gasteiger partial charge in [-0.25, -0.2) is 8.78 Å². The maximum Gasteiger partial charge on any atom is 0.297 e. The lowest BCUT2D eigenvalue weighted by Gasteiger charge is -2.26. The second-order valence-corrected chi connectivity index (χ2v) is 9.15. The van der Waals surface area contributed by atoms with E-state index >= 15 is 0 Å². The third-order valence-corrected chi connectivity index (χ3v) is 6.24. The first-order chi connectivity index (χ1) is 16.5. The van der Waals surface area contributed by atoms with E-state index < -0.39 is 35.4 Å². The second kappa shape index (κ2) is 9.09. The Bertz CT molecular complexity index is 1270. The number of carbonyl (C=O) groups is 3. The monoisotopic (exact) mass is 477 g/mol. The molecule has 3 aromatic rings. The summed E-state index contributed by atoms with van der Waals surface area (Å²) >= 11 is 0. The summed E-state index contributed by atoms with van der Waals surface area (Å²) in [6, 6.07) is 14.3. The van der Waals surface area contributed by atoms with Crippen LogP contribution in [0.3, 0.4) is 0 Å². The number of aromatic nitrogens is 2. The van der Waals surface area contributed by atoms with Crippen molar-refractivity contribution in [2.24, 2.45) is 5.92 Å². The Morgan fingerprint density at radius 2 is 1.57 bits per heavy atom. The highest BCUT2D eigenvalue weighted by Crippen LogP contribution is 2.41. The minimum absolute atomic E-state index is 0.106. The molecule has 2 aromatic carbocycles. The molecule has 2 atom stereocenters. The summed E-state index contributed by atoms with van der Waals surface area (Å²) in [6.07, 6.45) is 0. The van der Waals surface area contributed by atoms with Crippen molar-refractivity contribution in [3.8, 4) is 0 Å². The second-order valence-electron chi connectivity index (χ2n) is 9.15. The SMILES string of the molecule is Cc1ccc(N2C(=O)C(=O)C(C(=O)c3ccc(C(C)C)cc3)C2c2ccc(C(C)(F)F)cc2)nn1. The molecule has 0 N–H and O–H groups in total. The quantitative estimate of drug-likeness (QED) is 0.278. The van der Waals surface area contributed by atoms with Crippen molar-refractivity contribution >= 4 is 23.3 Å². The van der Waals surface area contributed by atoms with Gasteiger partial charge in [0.1, 0.15) is 5.92 Å². The zero-order chi connectivity index (χ0) is 25.5. The van der Waals surface area contributed by atoms with Gasteiger partial charge in [-0.15, -0.1) is 5.10 Å². The van der Waals surface area contributed by atoms with Gasteiger partial charge in [0.15, 0.2) is 11.6 Å². The zero-order valence-corrected chi connectivity index (χ0v) is 19.8. The number of alkyl halides is 2. The molecule has 0 spiro atoms. The predicted molar refractivity (Wildman–Crippen MR) is 126 cm³/mol. The van der Waals surface area contributed by atoms with E-state index in [0.717, 1.165) is 17.4 Å². The Kier molecular flexibility index (Phi) is 6.32. The van der Waals surface area contributed by atoms with Crippen LogP contribution in [0.2, 0.25) is 0 Å². The fourth-order valence-electron chi connectivity index (χ4n) is 4.23. The molecule has 2 unspecified atom stereocenters. The number of aryl methyl sites for hydroxylation is 1. The molecule has 0 bridgehead atoms. The van der Waals surface area contributed by atoms with Crippen LogP contribution in [0.4, 0.5) is 14.6 Å². The molecule has 1 aromatic heterocycles. The summed E-state index contributed by atoms with van der Waals surface area (Å²) in [5.41, 5.74) is 2.08. The van der Waals surface area contributed by atoms with Gasteiger partial charge in [0, 0.05) is 18.1 Å². The Hall–Kier alpha value is -3.81. The summed E-state index contributed by atoms with van der Waals surface area (Å²) in [5, 5.41) is 8.02. The summed E-state index contributed by atoms with van der Waals surface area (Å²) in [5.74, 6) is -6.34. The first-order valence-corrected chi connectivity index (χ1v) is 11.3. The van der Waals surface area contributed by atoms with Crippen LogP contribution in [0.5, 0.6) is 0 Å². The fourth-order valence-corrected chi connectivity index (χ4v) is 4.23.